The van der Waals surface area contributed by atoms with Crippen molar-refractivity contribution in [2.75, 3.05) is 32.1 Å². The van der Waals surface area contributed by atoms with Crippen LogP contribution in [0.2, 0.25) is 0 Å². The zero-order valence-corrected chi connectivity index (χ0v) is 14.8. The number of hydrogen-bond donors (Lipinski definition) is 3. The lowest BCUT2D eigenvalue weighted by Gasteiger charge is -2.37. The van der Waals surface area contributed by atoms with Gasteiger partial charge in [0.15, 0.2) is 5.13 Å². The summed E-state index contributed by atoms with van der Waals surface area (Å²) < 4.78 is 6.84. The zero-order valence-electron chi connectivity index (χ0n) is 14.0. The summed E-state index contributed by atoms with van der Waals surface area (Å²) in [7, 11) is 3.91. The number of nitrogens with one attached hydrogen (secondary N) is 1. The number of nitrogens with zero attached hydrogens (tertiary/aromatic N) is 2. The number of ether oxygens (including phenoxy) is 1. The highest BCUT2D eigenvalue weighted by Crippen LogP contribution is 2.30. The average Bonchev–Trinajstić information content (AvgIpc) is 3.05. The molecule has 0 unspecified atom stereocenters. The van der Waals surface area contributed by atoms with Gasteiger partial charge in [-0.15, -0.1) is 0 Å². The van der Waals surface area contributed by atoms with Crippen LogP contribution in [0.5, 0.6) is 0 Å². The van der Waals surface area contributed by atoms with Crippen molar-refractivity contribution in [2.24, 2.45) is 0 Å². The van der Waals surface area contributed by atoms with Crippen molar-refractivity contribution in [3.63, 3.8) is 0 Å². The molecule has 1 saturated heterocycles. The molecule has 1 aliphatic rings. The molecule has 1 aromatic heterocycles. The number of piperidine rings is 1. The lowest BCUT2D eigenvalue weighted by molar-refractivity contribution is -0.159. The molecule has 0 amide bonds. The van der Waals surface area contributed by atoms with Crippen molar-refractivity contribution in [3.05, 3.63) is 24.3 Å². The Kier molecular flexibility index (Phi) is 6.68. The maximum absolute atomic E-state index is 9.10. The van der Waals surface area contributed by atoms with E-state index in [9.17, 15) is 0 Å². The molecule has 2 aromatic rings. The Bertz CT molecular complexity index is 690. The molecule has 3 rings (SSSR count). The Labute approximate surface area is 149 Å². The average molecular weight is 367 g/mol. The molecule has 1 aromatic carbocycles. The van der Waals surface area contributed by atoms with Crippen LogP contribution in [0, 0.1) is 0 Å². The maximum atomic E-state index is 9.10. The number of anilines is 1. The number of carboxylic acid groups (broad SMARTS) is 2. The highest BCUT2D eigenvalue weighted by molar-refractivity contribution is 7.22. The molecule has 2 heterocycles. The number of methoxy groups -OCH3 is 1. The number of rotatable bonds is 3. The van der Waals surface area contributed by atoms with Crippen molar-refractivity contribution in [2.45, 2.75) is 18.6 Å². The molecule has 0 aliphatic carbocycles. The van der Waals surface area contributed by atoms with Gasteiger partial charge in [-0.2, -0.15) is 0 Å². The molecular weight excluding hydrogens is 346 g/mol. The molecule has 3 N–H and O–H groups in total. The molecule has 136 valence electrons. The van der Waals surface area contributed by atoms with Crippen molar-refractivity contribution in [1.29, 1.82) is 0 Å². The van der Waals surface area contributed by atoms with Gasteiger partial charge in [-0.1, -0.05) is 23.5 Å². The Hall–Kier alpha value is -2.23. The lowest BCUT2D eigenvalue weighted by atomic mass is 10.0. The van der Waals surface area contributed by atoms with Crippen molar-refractivity contribution in [3.8, 4) is 0 Å². The highest BCUT2D eigenvalue weighted by atomic mass is 32.1. The van der Waals surface area contributed by atoms with Gasteiger partial charge in [-0.25, -0.2) is 14.6 Å². The molecule has 25 heavy (non-hydrogen) atoms. The summed E-state index contributed by atoms with van der Waals surface area (Å²) in [4.78, 5) is 25.2. The van der Waals surface area contributed by atoms with Crippen LogP contribution in [0.1, 0.15) is 6.42 Å². The predicted octanol–water partition coefficient (Wildman–Crippen LogP) is 1.26. The van der Waals surface area contributed by atoms with Crippen LogP contribution in [0.4, 0.5) is 5.13 Å². The Morgan fingerprint density at radius 3 is 2.60 bits per heavy atom. The van der Waals surface area contributed by atoms with E-state index in [4.69, 9.17) is 29.5 Å². The van der Waals surface area contributed by atoms with Gasteiger partial charge in [0.25, 0.3) is 0 Å². The first-order valence-corrected chi connectivity index (χ1v) is 8.53. The topological polar surface area (TPSA) is 112 Å². The smallest absolute Gasteiger partial charge is 0.414 e. The second kappa shape index (κ2) is 8.75. The summed E-state index contributed by atoms with van der Waals surface area (Å²) in [5.41, 5.74) is 1.08. The first kappa shape index (κ1) is 19.1. The largest absolute Gasteiger partial charge is 0.473 e. The van der Waals surface area contributed by atoms with Crippen LogP contribution >= 0.6 is 11.3 Å². The van der Waals surface area contributed by atoms with E-state index in [0.717, 1.165) is 30.2 Å². The van der Waals surface area contributed by atoms with Crippen LogP contribution < -0.4 is 10.2 Å². The number of fused-ring (bicyclic) bond motifs is 1. The number of carbonyl (C=O) groups is 2. The number of likely N-dealkylation sites (N-methyl/N-ethyl adjacent to an activating group) is 1. The van der Waals surface area contributed by atoms with Crippen molar-refractivity contribution >= 4 is 38.6 Å². The van der Waals surface area contributed by atoms with E-state index in [1.807, 2.05) is 6.07 Å². The van der Waals surface area contributed by atoms with E-state index in [2.05, 4.69) is 35.5 Å². The minimum absolute atomic E-state index is 0.228. The van der Waals surface area contributed by atoms with E-state index in [1.165, 1.54) is 4.70 Å². The van der Waals surface area contributed by atoms with Crippen molar-refractivity contribution in [1.82, 2.24) is 10.3 Å². The monoisotopic (exact) mass is 367 g/mol. The second-order valence-electron chi connectivity index (χ2n) is 5.52. The molecule has 0 radical (unpaired) electrons. The molecule has 1 fully saturated rings. The summed E-state index contributed by atoms with van der Waals surface area (Å²) in [6.45, 7) is 1.95. The fourth-order valence-corrected chi connectivity index (χ4v) is 3.64. The number of aromatic nitrogens is 1. The van der Waals surface area contributed by atoms with E-state index in [1.54, 1.807) is 18.4 Å². The summed E-state index contributed by atoms with van der Waals surface area (Å²) in [6, 6.07) is 8.69. The standard InChI is InChI=1S/C14H19N3OS.C2H2O4/c1-17(11-7-8-15-9-12(11)18-2)14-16-10-5-3-4-6-13(10)19-14;3-1(4)2(5)6/h3-6,11-12,15H,7-9H2,1-2H3;(H,3,4)(H,5,6)/t11-,12+;/m1./s1. The summed E-state index contributed by atoms with van der Waals surface area (Å²) in [5, 5.41) is 19.2. The van der Waals surface area contributed by atoms with Gasteiger partial charge < -0.3 is 25.2 Å². The molecule has 0 bridgehead atoms. The number of carboxylic acids is 2. The third kappa shape index (κ3) is 4.88. The molecular formula is C16H21N3O5S. The quantitative estimate of drug-likeness (QED) is 0.695. The maximum Gasteiger partial charge on any atom is 0.414 e. The minimum atomic E-state index is -1.82. The predicted molar refractivity (Wildman–Crippen MR) is 95.4 cm³/mol. The van der Waals surface area contributed by atoms with Gasteiger partial charge in [0, 0.05) is 20.7 Å². The van der Waals surface area contributed by atoms with Crippen molar-refractivity contribution < 1.29 is 24.5 Å². The first-order chi connectivity index (χ1) is 11.9. The lowest BCUT2D eigenvalue weighted by Crippen LogP contribution is -2.52. The SMILES string of the molecule is CO[C@H]1CNCC[C@H]1N(C)c1nc2ccccc2s1.O=C(O)C(=O)O. The second-order valence-corrected chi connectivity index (χ2v) is 6.53. The van der Waals surface area contributed by atoms with Crippen LogP contribution in [0.25, 0.3) is 10.2 Å². The molecule has 9 heteroatoms. The van der Waals surface area contributed by atoms with Crippen LogP contribution in [0.15, 0.2) is 24.3 Å². The summed E-state index contributed by atoms with van der Waals surface area (Å²) >= 11 is 1.75. The number of aliphatic carboxylic acids is 2. The van der Waals surface area contributed by atoms with Gasteiger partial charge in [0.1, 0.15) is 0 Å². The zero-order chi connectivity index (χ0) is 18.4. The molecule has 1 aliphatic heterocycles. The van der Waals surface area contributed by atoms with E-state index in [-0.39, 0.29) is 6.10 Å². The molecule has 2 atom stereocenters. The van der Waals surface area contributed by atoms with Crippen LogP contribution in [-0.4, -0.2) is 66.5 Å². The molecule has 0 spiro atoms. The number of benzene rings is 1. The van der Waals surface area contributed by atoms with Gasteiger partial charge in [-0.05, 0) is 25.1 Å². The third-order valence-electron chi connectivity index (χ3n) is 3.96. The summed E-state index contributed by atoms with van der Waals surface area (Å²) in [6.07, 6.45) is 1.32. The number of hydrogen-bond acceptors (Lipinski definition) is 7. The molecule has 8 nitrogen and oxygen atoms in total. The first-order valence-electron chi connectivity index (χ1n) is 7.72. The fourth-order valence-electron chi connectivity index (χ4n) is 2.65. The fraction of sp³-hybridized carbons (Fsp3) is 0.438. The third-order valence-corrected chi connectivity index (χ3v) is 5.09. The van der Waals surface area contributed by atoms with Gasteiger partial charge in [0.05, 0.1) is 22.4 Å². The highest BCUT2D eigenvalue weighted by Gasteiger charge is 2.29. The van der Waals surface area contributed by atoms with Crippen LogP contribution in [0.3, 0.4) is 0 Å². The number of thiazole rings is 1. The Morgan fingerprint density at radius 1 is 1.32 bits per heavy atom. The summed E-state index contributed by atoms with van der Waals surface area (Å²) in [5.74, 6) is -3.65. The van der Waals surface area contributed by atoms with Gasteiger partial charge >= 0.3 is 11.9 Å². The van der Waals surface area contributed by atoms with E-state index in [0.29, 0.717) is 6.04 Å². The Balaban J connectivity index is 0.000000326. The number of para-hydroxylation sites is 1. The van der Waals surface area contributed by atoms with Gasteiger partial charge in [-0.3, -0.25) is 0 Å². The van der Waals surface area contributed by atoms with Crippen LogP contribution in [-0.2, 0) is 14.3 Å². The van der Waals surface area contributed by atoms with E-state index < -0.39 is 11.9 Å². The minimum Gasteiger partial charge on any atom is -0.473 e. The molecule has 0 saturated carbocycles. The van der Waals surface area contributed by atoms with Gasteiger partial charge in [0.2, 0.25) is 0 Å². The normalized spacial score (nSPS) is 19.8. The Morgan fingerprint density at radius 2 is 2.00 bits per heavy atom. The van der Waals surface area contributed by atoms with E-state index >= 15 is 0 Å².